The van der Waals surface area contributed by atoms with Crippen LogP contribution in [0.25, 0.3) is 5.65 Å². The molecular weight excluding hydrogens is 226 g/mol. The molecule has 2 aromatic heterocycles. The quantitative estimate of drug-likeness (QED) is 0.877. The van der Waals surface area contributed by atoms with Crippen molar-refractivity contribution >= 4 is 5.65 Å². The number of aromatic nitrogens is 4. The maximum atomic E-state index is 4.34. The first kappa shape index (κ1) is 11.6. The van der Waals surface area contributed by atoms with Crippen molar-refractivity contribution in [2.45, 2.75) is 39.2 Å². The molecule has 1 aliphatic rings. The van der Waals surface area contributed by atoms with E-state index in [4.69, 9.17) is 0 Å². The Morgan fingerprint density at radius 1 is 1.44 bits per heavy atom. The number of nitrogens with one attached hydrogen (secondary N) is 1. The normalized spacial score (nSPS) is 24.6. The zero-order valence-electron chi connectivity index (χ0n) is 10.9. The van der Waals surface area contributed by atoms with Crippen LogP contribution in [0, 0.1) is 12.8 Å². The lowest BCUT2D eigenvalue weighted by Crippen LogP contribution is -2.32. The standard InChI is InChI=1S/C13H19N5/c1-3-10-4-5-14-11(7-10)13-17-16-12-6-9(2)15-8-18(12)13/h6,8,10-11,14H,3-5,7H2,1-2H3. The smallest absolute Gasteiger partial charge is 0.163 e. The highest BCUT2D eigenvalue weighted by atomic mass is 15.3. The van der Waals surface area contributed by atoms with Crippen LogP contribution in [0.1, 0.15) is 43.7 Å². The van der Waals surface area contributed by atoms with E-state index in [9.17, 15) is 0 Å². The van der Waals surface area contributed by atoms with Gasteiger partial charge in [-0.25, -0.2) is 4.98 Å². The minimum Gasteiger partial charge on any atom is -0.307 e. The van der Waals surface area contributed by atoms with E-state index in [0.29, 0.717) is 6.04 Å². The fraction of sp³-hybridized carbons (Fsp3) is 0.615. The third-order valence-electron chi connectivity index (χ3n) is 3.86. The van der Waals surface area contributed by atoms with Gasteiger partial charge in [0.15, 0.2) is 11.5 Å². The van der Waals surface area contributed by atoms with Gasteiger partial charge in [0.25, 0.3) is 0 Å². The number of fused-ring (bicyclic) bond motifs is 1. The molecule has 1 N–H and O–H groups in total. The Morgan fingerprint density at radius 2 is 2.33 bits per heavy atom. The number of aryl methyl sites for hydroxylation is 1. The summed E-state index contributed by atoms with van der Waals surface area (Å²) in [5.41, 5.74) is 1.86. The highest BCUT2D eigenvalue weighted by molar-refractivity contribution is 5.38. The Kier molecular flexibility index (Phi) is 2.99. The van der Waals surface area contributed by atoms with E-state index >= 15 is 0 Å². The first-order valence-electron chi connectivity index (χ1n) is 6.68. The number of piperidine rings is 1. The minimum atomic E-state index is 0.309. The third-order valence-corrected chi connectivity index (χ3v) is 3.86. The van der Waals surface area contributed by atoms with E-state index in [2.05, 4.69) is 27.4 Å². The summed E-state index contributed by atoms with van der Waals surface area (Å²) in [6.07, 6.45) is 5.48. The Bertz CT molecular complexity index is 547. The van der Waals surface area contributed by atoms with Crippen molar-refractivity contribution in [3.63, 3.8) is 0 Å². The fourth-order valence-electron chi connectivity index (χ4n) is 2.71. The molecule has 5 heteroatoms. The predicted molar refractivity (Wildman–Crippen MR) is 69.3 cm³/mol. The lowest BCUT2D eigenvalue weighted by atomic mass is 9.90. The molecule has 1 fully saturated rings. The van der Waals surface area contributed by atoms with Gasteiger partial charge in [-0.15, -0.1) is 10.2 Å². The first-order chi connectivity index (χ1) is 8.78. The van der Waals surface area contributed by atoms with E-state index in [-0.39, 0.29) is 0 Å². The van der Waals surface area contributed by atoms with Gasteiger partial charge in [-0.1, -0.05) is 13.3 Å². The molecule has 5 nitrogen and oxygen atoms in total. The SMILES string of the molecule is CCC1CCNC(c2nnc3cc(C)ncn23)C1. The first-order valence-corrected chi connectivity index (χ1v) is 6.68. The zero-order chi connectivity index (χ0) is 12.5. The van der Waals surface area contributed by atoms with Gasteiger partial charge in [-0.2, -0.15) is 0 Å². The molecule has 0 amide bonds. The van der Waals surface area contributed by atoms with Crippen LogP contribution in [-0.4, -0.2) is 26.1 Å². The summed E-state index contributed by atoms with van der Waals surface area (Å²) in [6.45, 7) is 5.30. The highest BCUT2D eigenvalue weighted by Crippen LogP contribution is 2.28. The van der Waals surface area contributed by atoms with Gasteiger partial charge in [0.1, 0.15) is 6.33 Å². The Labute approximate surface area is 107 Å². The van der Waals surface area contributed by atoms with Crippen LogP contribution in [0.15, 0.2) is 12.4 Å². The molecule has 2 aromatic rings. The zero-order valence-corrected chi connectivity index (χ0v) is 10.9. The monoisotopic (exact) mass is 245 g/mol. The van der Waals surface area contributed by atoms with Crippen LogP contribution >= 0.6 is 0 Å². The van der Waals surface area contributed by atoms with Crippen LogP contribution in [-0.2, 0) is 0 Å². The lowest BCUT2D eigenvalue weighted by molar-refractivity contribution is 0.290. The van der Waals surface area contributed by atoms with E-state index in [0.717, 1.165) is 36.0 Å². The average Bonchev–Trinajstić information content (AvgIpc) is 2.81. The highest BCUT2D eigenvalue weighted by Gasteiger charge is 2.25. The minimum absolute atomic E-state index is 0.309. The van der Waals surface area contributed by atoms with E-state index in [1.54, 1.807) is 0 Å². The molecular formula is C13H19N5. The van der Waals surface area contributed by atoms with Crippen molar-refractivity contribution in [3.05, 3.63) is 23.9 Å². The molecule has 0 saturated carbocycles. The van der Waals surface area contributed by atoms with Gasteiger partial charge in [-0.05, 0) is 32.2 Å². The summed E-state index contributed by atoms with van der Waals surface area (Å²) in [5, 5.41) is 12.1. The van der Waals surface area contributed by atoms with Crippen molar-refractivity contribution < 1.29 is 0 Å². The summed E-state index contributed by atoms with van der Waals surface area (Å²) in [6, 6.07) is 2.28. The van der Waals surface area contributed by atoms with Gasteiger partial charge in [0.2, 0.25) is 0 Å². The third kappa shape index (κ3) is 1.99. The van der Waals surface area contributed by atoms with Crippen LogP contribution in [0.3, 0.4) is 0 Å². The predicted octanol–water partition coefficient (Wildman–Crippen LogP) is 1.88. The van der Waals surface area contributed by atoms with Crippen LogP contribution < -0.4 is 5.32 Å². The van der Waals surface area contributed by atoms with Gasteiger partial charge < -0.3 is 5.32 Å². The Morgan fingerprint density at radius 3 is 3.17 bits per heavy atom. The molecule has 1 saturated heterocycles. The summed E-state index contributed by atoms with van der Waals surface area (Å²) in [4.78, 5) is 4.33. The van der Waals surface area contributed by atoms with E-state index in [1.165, 1.54) is 12.8 Å². The molecule has 0 aromatic carbocycles. The lowest BCUT2D eigenvalue weighted by Gasteiger charge is -2.28. The second kappa shape index (κ2) is 4.65. The molecule has 18 heavy (non-hydrogen) atoms. The van der Waals surface area contributed by atoms with Crippen LogP contribution in [0.5, 0.6) is 0 Å². The second-order valence-corrected chi connectivity index (χ2v) is 5.12. The molecule has 3 heterocycles. The fourth-order valence-corrected chi connectivity index (χ4v) is 2.71. The van der Waals surface area contributed by atoms with Gasteiger partial charge in [0.05, 0.1) is 6.04 Å². The topological polar surface area (TPSA) is 55.1 Å². The van der Waals surface area contributed by atoms with Crippen molar-refractivity contribution in [1.82, 2.24) is 24.9 Å². The second-order valence-electron chi connectivity index (χ2n) is 5.12. The van der Waals surface area contributed by atoms with Crippen LogP contribution in [0.4, 0.5) is 0 Å². The molecule has 0 spiro atoms. The number of rotatable bonds is 2. The van der Waals surface area contributed by atoms with Crippen molar-refractivity contribution in [3.8, 4) is 0 Å². The average molecular weight is 245 g/mol. The molecule has 1 aliphatic heterocycles. The molecule has 0 bridgehead atoms. The Balaban J connectivity index is 1.94. The maximum absolute atomic E-state index is 4.34. The number of hydrogen-bond donors (Lipinski definition) is 1. The molecule has 2 atom stereocenters. The van der Waals surface area contributed by atoms with Crippen molar-refractivity contribution in [2.24, 2.45) is 5.92 Å². The summed E-state index contributed by atoms with van der Waals surface area (Å²) >= 11 is 0. The molecule has 0 radical (unpaired) electrons. The summed E-state index contributed by atoms with van der Waals surface area (Å²) < 4.78 is 2.00. The number of nitrogens with zero attached hydrogens (tertiary/aromatic N) is 4. The molecule has 3 rings (SSSR count). The molecule has 96 valence electrons. The Hall–Kier alpha value is -1.49. The van der Waals surface area contributed by atoms with Gasteiger partial charge >= 0.3 is 0 Å². The largest absolute Gasteiger partial charge is 0.307 e. The van der Waals surface area contributed by atoms with Crippen LogP contribution in [0.2, 0.25) is 0 Å². The molecule has 0 aliphatic carbocycles. The maximum Gasteiger partial charge on any atom is 0.163 e. The van der Waals surface area contributed by atoms with Crippen molar-refractivity contribution in [2.75, 3.05) is 6.54 Å². The van der Waals surface area contributed by atoms with Gasteiger partial charge in [-0.3, -0.25) is 4.40 Å². The van der Waals surface area contributed by atoms with Gasteiger partial charge in [0, 0.05) is 11.8 Å². The summed E-state index contributed by atoms with van der Waals surface area (Å²) in [5.74, 6) is 1.79. The number of hydrogen-bond acceptors (Lipinski definition) is 4. The summed E-state index contributed by atoms with van der Waals surface area (Å²) in [7, 11) is 0. The van der Waals surface area contributed by atoms with Crippen molar-refractivity contribution in [1.29, 1.82) is 0 Å². The molecule has 2 unspecified atom stereocenters. The van der Waals surface area contributed by atoms with E-state index < -0.39 is 0 Å². The van der Waals surface area contributed by atoms with E-state index in [1.807, 2.05) is 23.7 Å².